The molecule has 1 aliphatic heterocycles. The zero-order valence-corrected chi connectivity index (χ0v) is 43.9. The van der Waals surface area contributed by atoms with E-state index in [0.29, 0.717) is 31.4 Å². The molecule has 16 heteroatoms. The van der Waals surface area contributed by atoms with Crippen molar-refractivity contribution in [2.45, 2.75) is 143 Å². The van der Waals surface area contributed by atoms with Crippen molar-refractivity contribution in [2.75, 3.05) is 34.9 Å². The Kier molecular flexibility index (Phi) is 23.0. The van der Waals surface area contributed by atoms with E-state index in [2.05, 4.69) is 16.0 Å². The van der Waals surface area contributed by atoms with Crippen molar-refractivity contribution in [3.8, 4) is 0 Å². The van der Waals surface area contributed by atoms with Crippen LogP contribution in [0.15, 0.2) is 91.0 Å². The van der Waals surface area contributed by atoms with E-state index in [9.17, 15) is 23.7 Å². The molecule has 3 aromatic rings. The smallest absolute Gasteiger partial charge is 0.379 e. The van der Waals surface area contributed by atoms with E-state index in [1.807, 2.05) is 133 Å². The fraction of sp³-hybridized carbons (Fsp3) is 0.585. The van der Waals surface area contributed by atoms with Crippen LogP contribution in [-0.2, 0) is 60.0 Å². The highest BCUT2D eigenvalue weighted by Crippen LogP contribution is 2.55. The SMILES string of the molecule is CC[C@H](C)[C@@H]([C@@H](CC(=O)N1CCC[C@H]1[C@H](OC)[C@@H](C)C(=O)N[C@H](C)[C@@H](OP(=O)(OCc1ccccc1)OCc1ccccc1)c1ccccc1)OC)N(C)C(=O)[C@@H](NC(=O)[C@@H](NC)C(C)C)C(C)C. The Hall–Kier alpha value is -4.47. The highest BCUT2D eigenvalue weighted by atomic mass is 31.2. The predicted molar refractivity (Wildman–Crippen MR) is 269 cm³/mol. The fourth-order valence-corrected chi connectivity index (χ4v) is 10.7. The molecule has 0 bridgehead atoms. The molecule has 3 N–H and O–H groups in total. The highest BCUT2D eigenvalue weighted by molar-refractivity contribution is 7.48. The Balaban J connectivity index is 1.52. The third-order valence-electron chi connectivity index (χ3n) is 13.4. The highest BCUT2D eigenvalue weighted by Gasteiger charge is 2.44. The molecule has 0 unspecified atom stereocenters. The number of likely N-dealkylation sites (tertiary alicyclic amines) is 1. The molecule has 0 spiro atoms. The second-order valence-corrected chi connectivity index (χ2v) is 20.7. The number of benzene rings is 3. The Labute approximate surface area is 411 Å². The number of hydrogen-bond donors (Lipinski definition) is 3. The van der Waals surface area contributed by atoms with Crippen molar-refractivity contribution in [2.24, 2.45) is 23.7 Å². The predicted octanol–water partition coefficient (Wildman–Crippen LogP) is 8.10. The van der Waals surface area contributed by atoms with Gasteiger partial charge in [0.05, 0.1) is 61.9 Å². The summed E-state index contributed by atoms with van der Waals surface area (Å²) in [5, 5.41) is 9.16. The van der Waals surface area contributed by atoms with E-state index >= 15 is 0 Å². The van der Waals surface area contributed by atoms with Crippen molar-refractivity contribution in [3.05, 3.63) is 108 Å². The van der Waals surface area contributed by atoms with Crippen LogP contribution in [0.2, 0.25) is 0 Å². The average molecular weight is 978 g/mol. The summed E-state index contributed by atoms with van der Waals surface area (Å²) in [5.41, 5.74) is 2.20. The molecule has 0 saturated carbocycles. The Morgan fingerprint density at radius 3 is 1.77 bits per heavy atom. The minimum atomic E-state index is -4.29. The molecule has 1 heterocycles. The number of phosphoric ester groups is 1. The first-order chi connectivity index (χ1) is 32.9. The molecule has 0 aliphatic carbocycles. The number of likely N-dealkylation sites (N-methyl/N-ethyl adjacent to an activating group) is 2. The molecule has 1 fully saturated rings. The van der Waals surface area contributed by atoms with Crippen LogP contribution in [0.5, 0.6) is 0 Å². The van der Waals surface area contributed by atoms with Gasteiger partial charge in [0.25, 0.3) is 0 Å². The number of phosphoric acid groups is 1. The topological polar surface area (TPSA) is 174 Å². The van der Waals surface area contributed by atoms with Crippen molar-refractivity contribution in [1.82, 2.24) is 25.8 Å². The largest absolute Gasteiger partial charge is 0.476 e. The standard InChI is InChI=1S/C53H80N5O10P/c1-13-37(6)48(57(10)53(62)47(36(4)5)56-52(61)46(54-9)35(2)3)44(64-11)32-45(59)58-31-23-30-43(58)49(65-12)38(7)51(60)55-39(8)50(42-28-21-16-22-29-42)68-69(63,66-33-40-24-17-14-18-25-40)67-34-41-26-19-15-20-27-41/h14-22,24-29,35-39,43-44,46-50,54H,13,23,30-34H2,1-12H3,(H,55,60)(H,56,61)/t37-,38+,39+,43-,44+,46-,47-,48-,49+,50+/m0/s1. The van der Waals surface area contributed by atoms with Crippen molar-refractivity contribution in [1.29, 1.82) is 0 Å². The maximum absolute atomic E-state index is 14.6. The van der Waals surface area contributed by atoms with Crippen LogP contribution >= 0.6 is 7.82 Å². The minimum absolute atomic E-state index is 0.0101. The monoisotopic (exact) mass is 978 g/mol. The summed E-state index contributed by atoms with van der Waals surface area (Å²) in [6.07, 6.45) is -0.313. The second-order valence-electron chi connectivity index (χ2n) is 19.0. The molecule has 1 saturated heterocycles. The molecule has 0 radical (unpaired) electrons. The van der Waals surface area contributed by atoms with E-state index < -0.39 is 62.3 Å². The second kappa shape index (κ2) is 27.8. The molecule has 1 aliphatic rings. The van der Waals surface area contributed by atoms with Gasteiger partial charge in [0.15, 0.2) is 0 Å². The summed E-state index contributed by atoms with van der Waals surface area (Å²) in [7, 11) is 2.25. The summed E-state index contributed by atoms with van der Waals surface area (Å²) in [6, 6.07) is 24.9. The summed E-state index contributed by atoms with van der Waals surface area (Å²) in [4.78, 5) is 60.0. The number of amides is 4. The van der Waals surface area contributed by atoms with Gasteiger partial charge in [0, 0.05) is 27.8 Å². The van der Waals surface area contributed by atoms with Crippen LogP contribution in [0.4, 0.5) is 0 Å². The van der Waals surface area contributed by atoms with Gasteiger partial charge in [-0.05, 0) is 61.3 Å². The van der Waals surface area contributed by atoms with Crippen LogP contribution in [-0.4, -0.2) is 111 Å². The number of methoxy groups -OCH3 is 2. The minimum Gasteiger partial charge on any atom is -0.379 e. The van der Waals surface area contributed by atoms with Crippen LogP contribution < -0.4 is 16.0 Å². The van der Waals surface area contributed by atoms with Gasteiger partial charge in [-0.15, -0.1) is 0 Å². The zero-order valence-electron chi connectivity index (χ0n) is 43.0. The van der Waals surface area contributed by atoms with Gasteiger partial charge in [-0.2, -0.15) is 0 Å². The molecular formula is C53H80N5O10P. The van der Waals surface area contributed by atoms with Crippen LogP contribution in [0.3, 0.4) is 0 Å². The number of rotatable bonds is 28. The van der Waals surface area contributed by atoms with Gasteiger partial charge in [-0.3, -0.25) is 32.7 Å². The number of ether oxygens (including phenoxy) is 2. The first kappa shape index (κ1) is 57.1. The lowest BCUT2D eigenvalue weighted by atomic mass is 9.89. The molecule has 0 aromatic heterocycles. The quantitative estimate of drug-likeness (QED) is 0.0600. The van der Waals surface area contributed by atoms with Gasteiger partial charge < -0.3 is 35.2 Å². The lowest BCUT2D eigenvalue weighted by Gasteiger charge is -2.41. The summed E-state index contributed by atoms with van der Waals surface area (Å²) < 4.78 is 45.2. The average Bonchev–Trinajstić information content (AvgIpc) is 3.84. The summed E-state index contributed by atoms with van der Waals surface area (Å²) in [5.74, 6) is -2.03. The van der Waals surface area contributed by atoms with Gasteiger partial charge >= 0.3 is 7.82 Å². The zero-order chi connectivity index (χ0) is 50.8. The number of carbonyl (C=O) groups excluding carboxylic acids is 4. The van der Waals surface area contributed by atoms with Gasteiger partial charge in [-0.1, -0.05) is 146 Å². The molecule has 4 rings (SSSR count). The van der Waals surface area contributed by atoms with E-state index in [0.717, 1.165) is 11.1 Å². The molecule has 15 nitrogen and oxygen atoms in total. The fourth-order valence-electron chi connectivity index (χ4n) is 9.26. The normalized spacial score (nSPS) is 18.1. The van der Waals surface area contributed by atoms with Crippen LogP contribution in [0, 0.1) is 23.7 Å². The lowest BCUT2D eigenvalue weighted by molar-refractivity contribution is -0.148. The molecule has 69 heavy (non-hydrogen) atoms. The first-order valence-electron chi connectivity index (χ1n) is 24.5. The Bertz CT molecular complexity index is 2030. The molecule has 382 valence electrons. The van der Waals surface area contributed by atoms with Crippen LogP contribution in [0.25, 0.3) is 0 Å². The molecule has 3 aromatic carbocycles. The summed E-state index contributed by atoms with van der Waals surface area (Å²) in [6.45, 7) is 15.7. The van der Waals surface area contributed by atoms with Gasteiger partial charge in [0.1, 0.15) is 12.1 Å². The first-order valence-corrected chi connectivity index (χ1v) is 26.0. The molecular weight excluding hydrogens is 898 g/mol. The van der Waals surface area contributed by atoms with E-state index in [4.69, 9.17) is 23.0 Å². The maximum Gasteiger partial charge on any atom is 0.476 e. The van der Waals surface area contributed by atoms with E-state index in [-0.39, 0.29) is 61.0 Å². The number of carbonyl (C=O) groups is 4. The van der Waals surface area contributed by atoms with Gasteiger partial charge in [-0.25, -0.2) is 4.57 Å². The number of nitrogens with one attached hydrogen (secondary N) is 3. The van der Waals surface area contributed by atoms with Crippen LogP contribution in [0.1, 0.15) is 104 Å². The lowest BCUT2D eigenvalue weighted by Crippen LogP contribution is -2.59. The van der Waals surface area contributed by atoms with E-state index in [1.165, 1.54) is 0 Å². The Morgan fingerprint density at radius 2 is 1.29 bits per heavy atom. The molecule has 4 amide bonds. The summed E-state index contributed by atoms with van der Waals surface area (Å²) >= 11 is 0. The van der Waals surface area contributed by atoms with E-state index in [1.54, 1.807) is 52.0 Å². The van der Waals surface area contributed by atoms with Crippen molar-refractivity contribution >= 4 is 31.5 Å². The third-order valence-corrected chi connectivity index (χ3v) is 14.8. The molecule has 10 atom stereocenters. The third kappa shape index (κ3) is 16.0. The van der Waals surface area contributed by atoms with Crippen molar-refractivity contribution in [3.63, 3.8) is 0 Å². The maximum atomic E-state index is 14.6. The van der Waals surface area contributed by atoms with Crippen molar-refractivity contribution < 1.29 is 46.8 Å². The number of hydrogen-bond acceptors (Lipinski definition) is 11. The Morgan fingerprint density at radius 1 is 0.754 bits per heavy atom. The van der Waals surface area contributed by atoms with Gasteiger partial charge in [0.2, 0.25) is 23.6 Å². The number of nitrogens with zero attached hydrogens (tertiary/aromatic N) is 2.